The summed E-state index contributed by atoms with van der Waals surface area (Å²) in [7, 11) is 0. The van der Waals surface area contributed by atoms with Crippen LogP contribution in [-0.4, -0.2) is 197 Å². The zero-order valence-electron chi connectivity index (χ0n) is 24.8. The summed E-state index contributed by atoms with van der Waals surface area (Å²) in [5.74, 6) is -6.34. The first-order chi connectivity index (χ1) is 21.4. The van der Waals surface area contributed by atoms with Gasteiger partial charge in [0.05, 0.1) is 44.6 Å². The van der Waals surface area contributed by atoms with Crippen molar-refractivity contribution in [1.29, 1.82) is 0 Å². The van der Waals surface area contributed by atoms with Crippen LogP contribution in [-0.2, 0) is 33.3 Å². The SMILES string of the molecule is CC(=O)N[C@H]1[C@H]([C@H](O)[C@H](O)CO)O[C@@](OC[C@@H](O)[C@H](O)[C@H](O[C@H]2O[C@H](CO)[C@H](O)[C@H](O)[C@H]2O)[C@H](CO)NC(C)=O)(C(=O)O)C[C@@H]1O. The lowest BCUT2D eigenvalue weighted by molar-refractivity contribution is -0.328. The molecule has 0 saturated carbocycles. The molecule has 0 radical (unpaired) electrons. The van der Waals surface area contributed by atoms with Gasteiger partial charge < -0.3 is 90.9 Å². The summed E-state index contributed by atoms with van der Waals surface area (Å²) >= 11 is 0. The summed E-state index contributed by atoms with van der Waals surface area (Å²) in [4.78, 5) is 35.8. The molecule has 0 bridgehead atoms. The van der Waals surface area contributed by atoms with Crippen molar-refractivity contribution in [2.45, 2.75) is 112 Å². The third kappa shape index (κ3) is 9.46. The number of amides is 2. The monoisotopic (exact) mass is 676 g/mol. The van der Waals surface area contributed by atoms with E-state index in [1.165, 1.54) is 0 Å². The van der Waals surface area contributed by atoms with Crippen LogP contribution in [0.2, 0.25) is 0 Å². The van der Waals surface area contributed by atoms with Crippen LogP contribution >= 0.6 is 0 Å². The number of carboxylic acids is 1. The number of carboxylic acid groups (broad SMARTS) is 1. The maximum atomic E-state index is 12.4. The lowest BCUT2D eigenvalue weighted by Crippen LogP contribution is -2.68. The second-order valence-electron chi connectivity index (χ2n) is 11.0. The van der Waals surface area contributed by atoms with E-state index in [4.69, 9.17) is 18.9 Å². The molecule has 15 atom stereocenters. The molecule has 0 aromatic heterocycles. The molecule has 2 heterocycles. The molecule has 2 saturated heterocycles. The summed E-state index contributed by atoms with van der Waals surface area (Å²) in [5.41, 5.74) is 0. The molecule has 2 aliphatic heterocycles. The number of aliphatic carboxylic acids is 1. The standard InChI is InChI=1S/C25H44N2O19/c1-8(31)26-10(4-28)21(45-23-20(40)19(39)18(38)14(6-30)44-23)17(37)13(35)7-43-25(24(41)42)3-11(33)15(27-9(2)32)22(46-25)16(36)12(34)5-29/h10-23,28-30,33-40H,3-7H2,1-2H3,(H,26,31)(H,27,32)(H,41,42)/t10-,11-,12+,13+,14+,15+,16+,17-,18-,19-,20+,21+,22+,23+,25+/m0/s1. The van der Waals surface area contributed by atoms with E-state index in [2.05, 4.69) is 10.6 Å². The highest BCUT2D eigenvalue weighted by atomic mass is 16.7. The molecular weight excluding hydrogens is 632 g/mol. The zero-order valence-corrected chi connectivity index (χ0v) is 24.8. The first-order valence-corrected chi connectivity index (χ1v) is 14.1. The number of carbonyl (C=O) groups excluding carboxylic acids is 2. The average molecular weight is 677 g/mol. The fourth-order valence-corrected chi connectivity index (χ4v) is 5.06. The molecule has 21 nitrogen and oxygen atoms in total. The van der Waals surface area contributed by atoms with Gasteiger partial charge in [0.25, 0.3) is 5.79 Å². The van der Waals surface area contributed by atoms with Gasteiger partial charge in [-0.25, -0.2) is 4.79 Å². The zero-order chi connectivity index (χ0) is 35.1. The van der Waals surface area contributed by atoms with E-state index in [-0.39, 0.29) is 0 Å². The number of hydrogen-bond acceptors (Lipinski definition) is 18. The molecule has 14 N–H and O–H groups in total. The van der Waals surface area contributed by atoms with E-state index in [0.29, 0.717) is 0 Å². The van der Waals surface area contributed by atoms with Crippen molar-refractivity contribution in [3.63, 3.8) is 0 Å². The van der Waals surface area contributed by atoms with Crippen molar-refractivity contribution in [3.05, 3.63) is 0 Å². The van der Waals surface area contributed by atoms with Gasteiger partial charge in [-0.15, -0.1) is 0 Å². The lowest BCUT2D eigenvalue weighted by atomic mass is 9.88. The van der Waals surface area contributed by atoms with Gasteiger partial charge in [-0.1, -0.05) is 0 Å². The molecular formula is C25H44N2O19. The maximum absolute atomic E-state index is 12.4. The Morgan fingerprint density at radius 2 is 1.54 bits per heavy atom. The fourth-order valence-electron chi connectivity index (χ4n) is 5.06. The normalized spacial score (nSPS) is 35.7. The van der Waals surface area contributed by atoms with Crippen LogP contribution in [0.15, 0.2) is 0 Å². The van der Waals surface area contributed by atoms with Crippen molar-refractivity contribution in [2.75, 3.05) is 26.4 Å². The predicted molar refractivity (Wildman–Crippen MR) is 144 cm³/mol. The average Bonchev–Trinajstić information content (AvgIpc) is 3.00. The largest absolute Gasteiger partial charge is 0.477 e. The molecule has 0 spiro atoms. The first-order valence-electron chi connectivity index (χ1n) is 14.1. The molecule has 2 fully saturated rings. The number of ether oxygens (including phenoxy) is 4. The predicted octanol–water partition coefficient (Wildman–Crippen LogP) is -8.44. The Kier molecular flexibility index (Phi) is 15.0. The van der Waals surface area contributed by atoms with Crippen LogP contribution in [0.3, 0.4) is 0 Å². The van der Waals surface area contributed by atoms with Crippen LogP contribution in [0.1, 0.15) is 20.3 Å². The minimum absolute atomic E-state index is 0.742. The molecule has 2 aliphatic rings. The van der Waals surface area contributed by atoms with E-state index in [9.17, 15) is 75.7 Å². The molecule has 46 heavy (non-hydrogen) atoms. The van der Waals surface area contributed by atoms with Gasteiger partial charge >= 0.3 is 5.97 Å². The summed E-state index contributed by atoms with van der Waals surface area (Å²) < 4.78 is 21.5. The van der Waals surface area contributed by atoms with E-state index in [0.717, 1.165) is 13.8 Å². The number of carbonyl (C=O) groups is 3. The van der Waals surface area contributed by atoms with Crippen molar-refractivity contribution in [2.24, 2.45) is 0 Å². The van der Waals surface area contributed by atoms with Crippen molar-refractivity contribution in [3.8, 4) is 0 Å². The lowest BCUT2D eigenvalue weighted by Gasteiger charge is -2.47. The second-order valence-corrected chi connectivity index (χ2v) is 11.0. The van der Waals surface area contributed by atoms with Crippen molar-refractivity contribution >= 4 is 17.8 Å². The summed E-state index contributed by atoms with van der Waals surface area (Å²) in [6, 6.07) is -3.08. The summed E-state index contributed by atoms with van der Waals surface area (Å²) in [5, 5.41) is 127. The van der Waals surface area contributed by atoms with Gasteiger partial charge in [-0.2, -0.15) is 0 Å². The van der Waals surface area contributed by atoms with Gasteiger partial charge in [0.15, 0.2) is 6.29 Å². The number of aliphatic hydroxyl groups is 11. The highest BCUT2D eigenvalue weighted by Crippen LogP contribution is 2.34. The Morgan fingerprint density at radius 3 is 2.04 bits per heavy atom. The quantitative estimate of drug-likeness (QED) is 0.0721. The first kappa shape index (κ1) is 40.0. The topological polar surface area (TPSA) is 355 Å². The van der Waals surface area contributed by atoms with Gasteiger partial charge in [0.2, 0.25) is 11.8 Å². The molecule has 0 aromatic carbocycles. The highest BCUT2D eigenvalue weighted by Gasteiger charge is 2.56. The Bertz CT molecular complexity index is 1010. The molecule has 21 heteroatoms. The summed E-state index contributed by atoms with van der Waals surface area (Å²) in [6.45, 7) is -1.96. The van der Waals surface area contributed by atoms with Crippen LogP contribution < -0.4 is 10.6 Å². The number of nitrogens with one attached hydrogen (secondary N) is 2. The van der Waals surface area contributed by atoms with Crippen LogP contribution in [0.4, 0.5) is 0 Å². The fraction of sp³-hybridized carbons (Fsp3) is 0.880. The third-order valence-electron chi connectivity index (χ3n) is 7.53. The molecule has 2 amide bonds. The van der Waals surface area contributed by atoms with Crippen LogP contribution in [0.5, 0.6) is 0 Å². The molecule has 0 aliphatic carbocycles. The third-order valence-corrected chi connectivity index (χ3v) is 7.53. The number of aliphatic hydroxyl groups excluding tert-OH is 11. The Morgan fingerprint density at radius 1 is 0.913 bits per heavy atom. The van der Waals surface area contributed by atoms with E-state index >= 15 is 0 Å². The second kappa shape index (κ2) is 17.3. The van der Waals surface area contributed by atoms with Crippen LogP contribution in [0.25, 0.3) is 0 Å². The Labute approximate surface area is 261 Å². The molecule has 268 valence electrons. The molecule has 0 unspecified atom stereocenters. The van der Waals surface area contributed by atoms with Crippen LogP contribution in [0, 0.1) is 0 Å². The van der Waals surface area contributed by atoms with Gasteiger partial charge in [0.1, 0.15) is 61.0 Å². The van der Waals surface area contributed by atoms with E-state index in [1.807, 2.05) is 0 Å². The van der Waals surface area contributed by atoms with Gasteiger partial charge in [-0.3, -0.25) is 9.59 Å². The van der Waals surface area contributed by atoms with E-state index in [1.54, 1.807) is 0 Å². The van der Waals surface area contributed by atoms with Crippen molar-refractivity contribution < 1.29 is 94.6 Å². The minimum atomic E-state index is -2.91. The number of rotatable bonds is 16. The number of hydrogen-bond donors (Lipinski definition) is 14. The summed E-state index contributed by atoms with van der Waals surface area (Å²) in [6.07, 6.45) is -24.2. The Hall–Kier alpha value is -2.19. The highest BCUT2D eigenvalue weighted by molar-refractivity contribution is 5.76. The van der Waals surface area contributed by atoms with Gasteiger partial charge in [-0.05, 0) is 0 Å². The minimum Gasteiger partial charge on any atom is -0.477 e. The molecule has 0 aromatic rings. The van der Waals surface area contributed by atoms with Gasteiger partial charge in [0, 0.05) is 20.3 Å². The van der Waals surface area contributed by atoms with Crippen molar-refractivity contribution in [1.82, 2.24) is 10.6 Å². The molecule has 2 rings (SSSR count). The Balaban J connectivity index is 2.36. The smallest absolute Gasteiger partial charge is 0.364 e. The maximum Gasteiger partial charge on any atom is 0.364 e. The van der Waals surface area contributed by atoms with E-state index < -0.39 is 142 Å².